The Bertz CT molecular complexity index is 1500. The predicted octanol–water partition coefficient (Wildman–Crippen LogP) is 2.56. The predicted molar refractivity (Wildman–Crippen MR) is 117 cm³/mol. The highest BCUT2D eigenvalue weighted by molar-refractivity contribution is 6.11. The van der Waals surface area contributed by atoms with E-state index in [2.05, 4.69) is 30.9 Å². The summed E-state index contributed by atoms with van der Waals surface area (Å²) in [6.45, 7) is 0. The number of amides is 1. The Kier molecular flexibility index (Phi) is 4.85. The summed E-state index contributed by atoms with van der Waals surface area (Å²) in [4.78, 5) is 17.2. The lowest BCUT2D eigenvalue weighted by molar-refractivity contribution is -0.115. The van der Waals surface area contributed by atoms with Crippen LogP contribution >= 0.6 is 0 Å². The Hall–Kier alpha value is -4.54. The second-order valence-corrected chi connectivity index (χ2v) is 7.68. The fourth-order valence-electron chi connectivity index (χ4n) is 3.94. The van der Waals surface area contributed by atoms with E-state index < -0.39 is 5.91 Å². The molecule has 0 unspecified atom stereocenters. The molecule has 166 valence electrons. The summed E-state index contributed by atoms with van der Waals surface area (Å²) in [5.74, 6) is -1.00. The molecule has 0 aliphatic heterocycles. The zero-order valence-electron chi connectivity index (χ0n) is 17.4. The van der Waals surface area contributed by atoms with Crippen LogP contribution in [0.1, 0.15) is 16.7 Å². The van der Waals surface area contributed by atoms with Crippen LogP contribution in [0.2, 0.25) is 0 Å². The van der Waals surface area contributed by atoms with E-state index in [9.17, 15) is 19.4 Å². The van der Waals surface area contributed by atoms with E-state index in [1.165, 1.54) is 16.7 Å². The van der Waals surface area contributed by atoms with Crippen LogP contribution in [0.3, 0.4) is 0 Å². The average molecular weight is 447 g/mol. The first-order valence-electron chi connectivity index (χ1n) is 9.99. The van der Waals surface area contributed by atoms with Crippen molar-refractivity contribution in [2.24, 2.45) is 7.05 Å². The van der Waals surface area contributed by atoms with E-state index in [1.54, 1.807) is 31.6 Å². The summed E-state index contributed by atoms with van der Waals surface area (Å²) in [7, 11) is 1.63. The Morgan fingerprint density at radius 1 is 1.18 bits per heavy atom. The number of rotatable bonds is 5. The maximum atomic E-state index is 13.3. The number of nitrogens with zero attached hydrogens (tertiary/aromatic N) is 5. The van der Waals surface area contributed by atoms with Crippen LogP contribution < -0.4 is 5.32 Å². The third kappa shape index (κ3) is 3.69. The molecule has 33 heavy (non-hydrogen) atoms. The minimum atomic E-state index is -0.406. The van der Waals surface area contributed by atoms with Gasteiger partial charge in [-0.05, 0) is 46.5 Å². The number of halogens is 1. The number of carbonyl (C=O) groups excluding carboxylic acids is 1. The van der Waals surface area contributed by atoms with Gasteiger partial charge in [-0.3, -0.25) is 15.1 Å². The third-order valence-corrected chi connectivity index (χ3v) is 5.46. The highest BCUT2D eigenvalue weighted by atomic mass is 19.1. The summed E-state index contributed by atoms with van der Waals surface area (Å²) >= 11 is 0. The number of aromatic amines is 1. The zero-order valence-corrected chi connectivity index (χ0v) is 17.4. The summed E-state index contributed by atoms with van der Waals surface area (Å²) in [6.07, 6.45) is 3.65. The molecule has 0 saturated carbocycles. The molecule has 0 saturated heterocycles. The average Bonchev–Trinajstić information content (AvgIpc) is 3.40. The van der Waals surface area contributed by atoms with Gasteiger partial charge < -0.3 is 14.8 Å². The molecule has 2 aromatic carbocycles. The van der Waals surface area contributed by atoms with Crippen molar-refractivity contribution in [1.82, 2.24) is 30.2 Å². The summed E-state index contributed by atoms with van der Waals surface area (Å²) < 4.78 is 14.7. The van der Waals surface area contributed by atoms with E-state index in [4.69, 9.17) is 0 Å². The van der Waals surface area contributed by atoms with Crippen molar-refractivity contribution in [2.75, 3.05) is 5.32 Å². The molecule has 3 heterocycles. The number of tetrazole rings is 1. The van der Waals surface area contributed by atoms with E-state index >= 15 is 0 Å². The molecule has 0 atom stereocenters. The maximum absolute atomic E-state index is 13.3. The largest absolute Gasteiger partial charge is 0.505 e. The molecule has 0 aliphatic rings. The fraction of sp³-hybridized carbons (Fsp3) is 0.136. The number of pyridine rings is 1. The van der Waals surface area contributed by atoms with E-state index in [-0.39, 0.29) is 40.7 Å². The number of phenolic OH excluding ortho intramolecular Hbond substituents is 1. The number of anilines is 1. The number of H-pyrrole nitrogens is 1. The van der Waals surface area contributed by atoms with Gasteiger partial charge in [-0.15, -0.1) is 5.10 Å². The van der Waals surface area contributed by atoms with Crippen molar-refractivity contribution in [3.63, 3.8) is 0 Å². The third-order valence-electron chi connectivity index (χ3n) is 5.46. The standard InChI is InChI=1S/C22H18FN7O3/c1-30-10-16-14(8-17(31)25-22-26-28-29-27-22)15-7-12(6-11-2-4-13(23)5-3-11)9-24-19(15)20(32)18(16)21(30)33/h2-5,7,9-10,32-33H,6,8H2,1H3,(H2,25,26,27,28,29,31). The van der Waals surface area contributed by atoms with E-state index in [0.717, 1.165) is 11.1 Å². The quantitative estimate of drug-likeness (QED) is 0.324. The molecule has 0 bridgehead atoms. The first-order valence-corrected chi connectivity index (χ1v) is 9.99. The van der Waals surface area contributed by atoms with Gasteiger partial charge in [0.2, 0.25) is 11.8 Å². The molecule has 5 aromatic rings. The molecule has 0 spiro atoms. The van der Waals surface area contributed by atoms with Gasteiger partial charge in [0.15, 0.2) is 5.75 Å². The number of aromatic hydroxyl groups is 2. The Balaban J connectivity index is 1.64. The van der Waals surface area contributed by atoms with Crippen LogP contribution in [0.25, 0.3) is 21.7 Å². The van der Waals surface area contributed by atoms with Gasteiger partial charge in [-0.1, -0.05) is 17.2 Å². The van der Waals surface area contributed by atoms with Crippen LogP contribution in [0.15, 0.2) is 42.7 Å². The molecular weight excluding hydrogens is 429 g/mol. The fourth-order valence-corrected chi connectivity index (χ4v) is 3.94. The van der Waals surface area contributed by atoms with Crippen LogP contribution in [-0.2, 0) is 24.7 Å². The van der Waals surface area contributed by atoms with Crippen LogP contribution in [0.4, 0.5) is 10.3 Å². The SMILES string of the molecule is Cn1cc2c(CC(=O)Nc3nn[nH]n3)c3cc(Cc4ccc(F)cc4)cnc3c(O)c2c1O. The number of hydrogen-bond acceptors (Lipinski definition) is 7. The number of hydrogen-bond donors (Lipinski definition) is 4. The highest BCUT2D eigenvalue weighted by Crippen LogP contribution is 2.42. The van der Waals surface area contributed by atoms with Crippen LogP contribution in [-0.4, -0.2) is 46.3 Å². The molecule has 0 fully saturated rings. The second-order valence-electron chi connectivity index (χ2n) is 7.68. The summed E-state index contributed by atoms with van der Waals surface area (Å²) in [5.41, 5.74) is 2.53. The summed E-state index contributed by atoms with van der Waals surface area (Å²) in [6, 6.07) is 7.99. The monoisotopic (exact) mass is 447 g/mol. The lowest BCUT2D eigenvalue weighted by atomic mass is 9.96. The van der Waals surface area contributed by atoms with Crippen molar-refractivity contribution in [2.45, 2.75) is 12.8 Å². The van der Waals surface area contributed by atoms with Crippen LogP contribution in [0, 0.1) is 5.82 Å². The Morgan fingerprint density at radius 2 is 1.97 bits per heavy atom. The van der Waals surface area contributed by atoms with Gasteiger partial charge in [0.25, 0.3) is 5.95 Å². The molecule has 10 nitrogen and oxygen atoms in total. The summed E-state index contributed by atoms with van der Waals surface area (Å²) in [5, 5.41) is 38.3. The van der Waals surface area contributed by atoms with E-state index in [1.807, 2.05) is 6.07 Å². The van der Waals surface area contributed by atoms with Gasteiger partial charge in [-0.2, -0.15) is 5.21 Å². The molecule has 3 aromatic heterocycles. The van der Waals surface area contributed by atoms with Gasteiger partial charge in [-0.25, -0.2) is 4.39 Å². The number of aromatic nitrogens is 6. The number of carbonyl (C=O) groups is 1. The highest BCUT2D eigenvalue weighted by Gasteiger charge is 2.22. The van der Waals surface area contributed by atoms with Crippen LogP contribution in [0.5, 0.6) is 11.6 Å². The number of phenols is 1. The first kappa shape index (κ1) is 20.4. The molecule has 5 rings (SSSR count). The smallest absolute Gasteiger partial charge is 0.269 e. The van der Waals surface area contributed by atoms with Gasteiger partial charge in [0.05, 0.1) is 11.8 Å². The normalized spacial score (nSPS) is 11.3. The molecule has 0 aliphatic carbocycles. The minimum Gasteiger partial charge on any atom is -0.505 e. The molecule has 11 heteroatoms. The van der Waals surface area contributed by atoms with E-state index in [0.29, 0.717) is 22.8 Å². The van der Waals surface area contributed by atoms with Gasteiger partial charge in [0.1, 0.15) is 11.3 Å². The van der Waals surface area contributed by atoms with Crippen molar-refractivity contribution in [3.05, 3.63) is 65.2 Å². The van der Waals surface area contributed by atoms with Gasteiger partial charge >= 0.3 is 0 Å². The Morgan fingerprint density at radius 3 is 2.70 bits per heavy atom. The Labute approximate surface area is 185 Å². The maximum Gasteiger partial charge on any atom is 0.269 e. The van der Waals surface area contributed by atoms with Crippen molar-refractivity contribution in [3.8, 4) is 11.6 Å². The number of aryl methyl sites for hydroxylation is 1. The van der Waals surface area contributed by atoms with Crippen molar-refractivity contribution >= 4 is 33.5 Å². The number of benzene rings is 2. The number of fused-ring (bicyclic) bond motifs is 2. The topological polar surface area (TPSA) is 142 Å². The lowest BCUT2D eigenvalue weighted by Gasteiger charge is -2.12. The molecular formula is C22H18FN7O3. The zero-order chi connectivity index (χ0) is 23.1. The van der Waals surface area contributed by atoms with Crippen molar-refractivity contribution < 1.29 is 19.4 Å². The minimum absolute atomic E-state index is 0.0327. The van der Waals surface area contributed by atoms with Crippen molar-refractivity contribution in [1.29, 1.82) is 0 Å². The first-order chi connectivity index (χ1) is 15.9. The lowest BCUT2D eigenvalue weighted by Crippen LogP contribution is -2.16. The second kappa shape index (κ2) is 7.86. The van der Waals surface area contributed by atoms with Gasteiger partial charge in [0, 0.05) is 30.2 Å². The molecule has 1 amide bonds. The molecule has 0 radical (unpaired) electrons. The molecule has 4 N–H and O–H groups in total. The number of nitrogens with one attached hydrogen (secondary N) is 2.